The van der Waals surface area contributed by atoms with Crippen LogP contribution in [0.2, 0.25) is 0 Å². The summed E-state index contributed by atoms with van der Waals surface area (Å²) >= 11 is 0. The number of nitrogens with zero attached hydrogens (tertiary/aromatic N) is 2. The molecule has 2 unspecified atom stereocenters. The van der Waals surface area contributed by atoms with Crippen molar-refractivity contribution in [2.75, 3.05) is 178 Å². The third-order valence-corrected chi connectivity index (χ3v) is 15.4. The molecule has 22 nitrogen and oxygen atoms in total. The Balaban J connectivity index is 1.46. The standard InChI is InChI=1S/C57H88N2O20S2/c1-6-58-51-18-16-47(80(62,63)64)45-49(51)56(2,20-23-70-29-31-74-37-39-78-43-41-76-35-33-72-27-25-68-4)53(58)13-9-7-10-14-54-57(3,21-24-71-30-32-75-38-40-79-44-42-77-36-34-73-28-26-69-5)50-46-48(81(65,66)67)17-19-52(50)59(54)22-12-8-11-15-55(60)61/h7,9-10,13-14,16-19,45-46H,6,8,11-12,15,20-44H2,1-5H3,(H2-,60,61,62,63,64,65,66,67)/p+1. The van der Waals surface area contributed by atoms with Crippen LogP contribution in [-0.4, -0.2) is 220 Å². The molecule has 2 aromatic rings. The molecular formula is C57H89N2O20S2+. The van der Waals surface area contributed by atoms with Crippen molar-refractivity contribution < 1.29 is 97.3 Å². The smallest absolute Gasteiger partial charge is 0.303 e. The molecule has 0 saturated carbocycles. The summed E-state index contributed by atoms with van der Waals surface area (Å²) in [6.07, 6.45) is 12.4. The van der Waals surface area contributed by atoms with E-state index in [2.05, 4.69) is 9.48 Å². The lowest BCUT2D eigenvalue weighted by Gasteiger charge is -2.30. The summed E-state index contributed by atoms with van der Waals surface area (Å²) in [5.41, 5.74) is 3.16. The predicted octanol–water partition coefficient (Wildman–Crippen LogP) is 6.21. The fourth-order valence-electron chi connectivity index (χ4n) is 9.37. The SMILES string of the molecule is CCN1/C(=C/C=C/C=C/C2=[N+](CCCCCC(=O)O)c3ccc(S(=O)(=O)O)cc3C2(C)CCOCCOCCOCCOCCOCCOC)C(C)(CCOCCOCCOCCOCCOCCOC)c2cc(S(=O)(=O)O)ccc21. The number of fused-ring (bicyclic) bond motifs is 2. The Morgan fingerprint density at radius 3 is 1.40 bits per heavy atom. The summed E-state index contributed by atoms with van der Waals surface area (Å²) < 4.78 is 139. The lowest BCUT2D eigenvalue weighted by atomic mass is 9.76. The van der Waals surface area contributed by atoms with E-state index in [1.807, 2.05) is 51.2 Å². The molecule has 458 valence electrons. The van der Waals surface area contributed by atoms with Gasteiger partial charge in [0.1, 0.15) is 6.54 Å². The van der Waals surface area contributed by atoms with Gasteiger partial charge in [-0.05, 0) is 88.4 Å². The summed E-state index contributed by atoms with van der Waals surface area (Å²) in [5, 5.41) is 9.29. The first-order valence-corrected chi connectivity index (χ1v) is 30.6. The zero-order valence-corrected chi connectivity index (χ0v) is 49.7. The van der Waals surface area contributed by atoms with E-state index >= 15 is 0 Å². The van der Waals surface area contributed by atoms with Crippen molar-refractivity contribution in [2.45, 2.75) is 79.9 Å². The highest BCUT2D eigenvalue weighted by molar-refractivity contribution is 7.86. The number of hydrogen-bond acceptors (Lipinski definition) is 18. The molecule has 2 aliphatic rings. The molecule has 24 heteroatoms. The summed E-state index contributed by atoms with van der Waals surface area (Å²) in [4.78, 5) is 13.0. The van der Waals surface area contributed by atoms with Crippen LogP contribution >= 0.6 is 0 Å². The van der Waals surface area contributed by atoms with Crippen molar-refractivity contribution >= 4 is 43.3 Å². The Bertz CT molecular complexity index is 2520. The van der Waals surface area contributed by atoms with E-state index in [1.165, 1.54) is 24.3 Å². The fourth-order valence-corrected chi connectivity index (χ4v) is 10.4. The number of methoxy groups -OCH3 is 2. The van der Waals surface area contributed by atoms with Gasteiger partial charge in [-0.1, -0.05) is 18.2 Å². The third kappa shape index (κ3) is 23.8. The van der Waals surface area contributed by atoms with Gasteiger partial charge in [0, 0.05) is 81.3 Å². The summed E-state index contributed by atoms with van der Waals surface area (Å²) in [6, 6.07) is 9.22. The van der Waals surface area contributed by atoms with Gasteiger partial charge in [0.15, 0.2) is 5.71 Å². The van der Waals surface area contributed by atoms with Crippen LogP contribution < -0.4 is 4.90 Å². The maximum atomic E-state index is 12.5. The number of carboxylic acid groups (broad SMARTS) is 1. The number of hydrogen-bond donors (Lipinski definition) is 3. The van der Waals surface area contributed by atoms with Crippen LogP contribution in [0.1, 0.15) is 70.4 Å². The highest BCUT2D eigenvalue weighted by Crippen LogP contribution is 2.51. The molecule has 0 saturated heterocycles. The van der Waals surface area contributed by atoms with Crippen LogP contribution in [0.15, 0.2) is 82.3 Å². The van der Waals surface area contributed by atoms with Crippen molar-refractivity contribution in [3.8, 4) is 0 Å². The number of likely N-dealkylation sites (N-methyl/N-ethyl adjacent to an activating group) is 1. The Morgan fingerprint density at radius 1 is 0.543 bits per heavy atom. The average molecular weight is 1190 g/mol. The molecule has 4 rings (SSSR count). The molecule has 2 aliphatic heterocycles. The molecule has 2 heterocycles. The summed E-state index contributed by atoms with van der Waals surface area (Å²) in [5.74, 6) is -0.866. The van der Waals surface area contributed by atoms with E-state index in [9.17, 15) is 35.8 Å². The zero-order valence-electron chi connectivity index (χ0n) is 48.1. The van der Waals surface area contributed by atoms with Gasteiger partial charge < -0.3 is 66.8 Å². The van der Waals surface area contributed by atoms with Crippen molar-refractivity contribution in [2.24, 2.45) is 0 Å². The molecule has 2 aromatic carbocycles. The van der Waals surface area contributed by atoms with Crippen LogP contribution in [0, 0.1) is 0 Å². The molecule has 0 amide bonds. The second-order valence-corrected chi connectivity index (χ2v) is 22.2. The Labute approximate surface area is 479 Å². The number of carbonyl (C=O) groups is 1. The predicted molar refractivity (Wildman–Crippen MR) is 304 cm³/mol. The molecular weight excluding hydrogens is 1100 g/mol. The minimum Gasteiger partial charge on any atom is -0.481 e. The Morgan fingerprint density at radius 2 is 0.963 bits per heavy atom. The van der Waals surface area contributed by atoms with Crippen LogP contribution in [-0.2, 0) is 92.7 Å². The maximum absolute atomic E-state index is 12.5. The molecule has 81 heavy (non-hydrogen) atoms. The summed E-state index contributed by atoms with van der Waals surface area (Å²) in [6.45, 7) is 16.3. The first kappa shape index (κ1) is 69.4. The Hall–Kier alpha value is -4.06. The maximum Gasteiger partial charge on any atom is 0.303 e. The molecule has 0 bridgehead atoms. The second kappa shape index (κ2) is 38.0. The van der Waals surface area contributed by atoms with Gasteiger partial charge in [0.25, 0.3) is 20.2 Å². The number of ether oxygens (including phenoxy) is 12. The highest BCUT2D eigenvalue weighted by atomic mass is 32.2. The molecule has 0 fully saturated rings. The van der Waals surface area contributed by atoms with Gasteiger partial charge in [0.2, 0.25) is 5.69 Å². The van der Waals surface area contributed by atoms with Gasteiger partial charge in [-0.3, -0.25) is 13.9 Å². The normalized spacial score (nSPS) is 17.9. The first-order chi connectivity index (χ1) is 39.0. The number of anilines is 1. The van der Waals surface area contributed by atoms with E-state index < -0.39 is 37.0 Å². The quantitative estimate of drug-likeness (QED) is 0.0288. The van der Waals surface area contributed by atoms with Crippen LogP contribution in [0.5, 0.6) is 0 Å². The van der Waals surface area contributed by atoms with Crippen molar-refractivity contribution in [3.63, 3.8) is 0 Å². The van der Waals surface area contributed by atoms with E-state index in [0.717, 1.165) is 28.3 Å². The van der Waals surface area contributed by atoms with Gasteiger partial charge in [-0.2, -0.15) is 21.4 Å². The lowest BCUT2D eigenvalue weighted by Crippen LogP contribution is -2.33. The minimum absolute atomic E-state index is 0.0456. The van der Waals surface area contributed by atoms with Gasteiger partial charge in [0.05, 0.1) is 147 Å². The van der Waals surface area contributed by atoms with Crippen LogP contribution in [0.4, 0.5) is 11.4 Å². The highest BCUT2D eigenvalue weighted by Gasteiger charge is 2.48. The van der Waals surface area contributed by atoms with E-state index in [-0.39, 0.29) is 22.8 Å². The summed E-state index contributed by atoms with van der Waals surface area (Å²) in [7, 11) is -5.83. The van der Waals surface area contributed by atoms with E-state index in [1.54, 1.807) is 26.4 Å². The molecule has 0 spiro atoms. The molecule has 3 N–H and O–H groups in total. The topological polar surface area (TPSA) is 263 Å². The Kier molecular flexibility index (Phi) is 32.6. The number of rotatable bonds is 48. The van der Waals surface area contributed by atoms with E-state index in [4.69, 9.17) is 56.8 Å². The number of benzene rings is 2. The number of unbranched alkanes of at least 4 members (excludes halogenated alkanes) is 2. The second-order valence-electron chi connectivity index (χ2n) is 19.4. The van der Waals surface area contributed by atoms with Crippen molar-refractivity contribution in [1.29, 1.82) is 0 Å². The van der Waals surface area contributed by atoms with Crippen LogP contribution in [0.25, 0.3) is 0 Å². The molecule has 0 aliphatic carbocycles. The lowest BCUT2D eigenvalue weighted by molar-refractivity contribution is -0.438. The van der Waals surface area contributed by atoms with Gasteiger partial charge >= 0.3 is 5.97 Å². The molecule has 0 aromatic heterocycles. The number of aliphatic carboxylic acids is 1. The van der Waals surface area contributed by atoms with E-state index in [0.29, 0.717) is 190 Å². The number of allylic oxidation sites excluding steroid dienone is 6. The monoisotopic (exact) mass is 1190 g/mol. The molecule has 0 radical (unpaired) electrons. The largest absolute Gasteiger partial charge is 0.481 e. The van der Waals surface area contributed by atoms with Gasteiger partial charge in [-0.15, -0.1) is 0 Å². The van der Waals surface area contributed by atoms with Gasteiger partial charge in [-0.25, -0.2) is 0 Å². The molecule has 2 atom stereocenters. The fraction of sp³-hybridized carbons (Fsp3) is 0.649. The third-order valence-electron chi connectivity index (χ3n) is 13.7. The first-order valence-electron chi connectivity index (χ1n) is 27.7. The van der Waals surface area contributed by atoms with Crippen LogP contribution in [0.3, 0.4) is 0 Å². The number of carboxylic acids is 1. The minimum atomic E-state index is -4.56. The average Bonchev–Trinajstić information content (AvgIpc) is 3.97. The van der Waals surface area contributed by atoms with Crippen molar-refractivity contribution in [1.82, 2.24) is 0 Å². The van der Waals surface area contributed by atoms with Crippen molar-refractivity contribution in [3.05, 3.63) is 83.6 Å². The zero-order chi connectivity index (χ0) is 58.8.